The second kappa shape index (κ2) is 21.7. The van der Waals surface area contributed by atoms with E-state index in [1.165, 1.54) is 4.90 Å². The van der Waals surface area contributed by atoms with Crippen LogP contribution in [0.2, 0.25) is 0 Å². The van der Waals surface area contributed by atoms with Crippen molar-refractivity contribution < 1.29 is 48.6 Å². The number of carboxylic acid groups (broad SMARTS) is 2. The van der Waals surface area contributed by atoms with Gasteiger partial charge in [-0.3, -0.25) is 38.4 Å². The summed E-state index contributed by atoms with van der Waals surface area (Å²) in [6.07, 6.45) is 9.55. The summed E-state index contributed by atoms with van der Waals surface area (Å²) in [5.41, 5.74) is 11.3. The van der Waals surface area contributed by atoms with Crippen molar-refractivity contribution in [2.24, 2.45) is 23.3 Å². The molecule has 18 heteroatoms. The molecule has 3 rings (SSSR count). The van der Waals surface area contributed by atoms with E-state index in [2.05, 4.69) is 33.9 Å². The SMILES string of the molecule is NC(=O)[C@H](CC(=O)O)NC(=O)[C@H](CC1CCCCC1)NC(=O)[C@@H]1CCCN1C(=O)[C@H](CS)NC(=O)[C@H](CC1CCCCC1)NC(=O)[C@@H](N)CCC(=O)O. The molecule has 3 aliphatic rings. The maximum Gasteiger partial charge on any atom is 0.305 e. The number of nitrogens with two attached hydrogens (primary N) is 2. The summed E-state index contributed by atoms with van der Waals surface area (Å²) in [5, 5.41) is 28.7. The van der Waals surface area contributed by atoms with Gasteiger partial charge in [-0.25, -0.2) is 0 Å². The van der Waals surface area contributed by atoms with Gasteiger partial charge in [0.15, 0.2) is 0 Å². The highest BCUT2D eigenvalue weighted by atomic mass is 32.1. The molecule has 298 valence electrons. The molecule has 0 spiro atoms. The van der Waals surface area contributed by atoms with E-state index < -0.39 is 90.1 Å². The number of aliphatic carboxylic acids is 2. The standard InChI is InChI=1S/C35H57N7O10S/c36-22(13-14-28(43)44)31(48)39-24(16-20-8-3-1-4-9-20)33(50)41-26(19-53)35(52)42-15-7-12-27(42)34(51)40-25(17-21-10-5-2-6-11-21)32(49)38-23(30(37)47)18-29(45)46/h20-27,53H,1-19,36H2,(H2,37,47)(H,38,49)(H,39,48)(H,40,51)(H,41,50)(H,43,44)(H,45,46)/t22-,23-,24-,25-,26-,27-/m0/s1. The molecule has 10 N–H and O–H groups in total. The molecule has 1 heterocycles. The van der Waals surface area contributed by atoms with Crippen LogP contribution in [0.25, 0.3) is 0 Å². The van der Waals surface area contributed by atoms with Gasteiger partial charge in [-0.15, -0.1) is 0 Å². The molecule has 6 atom stereocenters. The molecule has 6 amide bonds. The number of carboxylic acids is 2. The number of nitrogens with zero attached hydrogens (tertiary/aromatic N) is 1. The van der Waals surface area contributed by atoms with Gasteiger partial charge in [-0.1, -0.05) is 64.2 Å². The first-order valence-electron chi connectivity index (χ1n) is 18.8. The van der Waals surface area contributed by atoms with E-state index >= 15 is 0 Å². The minimum absolute atomic E-state index is 0.102. The zero-order valence-corrected chi connectivity index (χ0v) is 31.2. The first-order valence-corrected chi connectivity index (χ1v) is 19.4. The fraction of sp³-hybridized carbons (Fsp3) is 0.771. The van der Waals surface area contributed by atoms with E-state index in [-0.39, 0.29) is 49.8 Å². The van der Waals surface area contributed by atoms with Crippen molar-refractivity contribution in [2.75, 3.05) is 12.3 Å². The third-order valence-electron chi connectivity index (χ3n) is 10.5. The average Bonchev–Trinajstić information content (AvgIpc) is 3.62. The minimum atomic E-state index is -1.48. The normalized spacial score (nSPS) is 20.9. The van der Waals surface area contributed by atoms with Crippen molar-refractivity contribution in [1.29, 1.82) is 0 Å². The van der Waals surface area contributed by atoms with Crippen molar-refractivity contribution in [3.63, 3.8) is 0 Å². The second-order valence-electron chi connectivity index (χ2n) is 14.6. The highest BCUT2D eigenvalue weighted by molar-refractivity contribution is 7.80. The molecular weight excluding hydrogens is 710 g/mol. The maximum atomic E-state index is 13.9. The van der Waals surface area contributed by atoms with Crippen molar-refractivity contribution in [1.82, 2.24) is 26.2 Å². The lowest BCUT2D eigenvalue weighted by Gasteiger charge is -2.32. The zero-order chi connectivity index (χ0) is 39.1. The first kappa shape index (κ1) is 43.5. The van der Waals surface area contributed by atoms with Gasteiger partial charge in [0.1, 0.15) is 30.2 Å². The molecule has 0 bridgehead atoms. The van der Waals surface area contributed by atoms with Gasteiger partial charge in [0.25, 0.3) is 0 Å². The molecule has 2 aliphatic carbocycles. The summed E-state index contributed by atoms with van der Waals surface area (Å²) in [6.45, 7) is 0.194. The molecule has 3 fully saturated rings. The Morgan fingerprint density at radius 2 is 1.17 bits per heavy atom. The molecule has 2 saturated carbocycles. The highest BCUT2D eigenvalue weighted by Gasteiger charge is 2.40. The molecule has 0 aromatic rings. The molecule has 0 radical (unpaired) electrons. The Labute approximate surface area is 315 Å². The van der Waals surface area contributed by atoms with Crippen molar-refractivity contribution in [3.8, 4) is 0 Å². The smallest absolute Gasteiger partial charge is 0.305 e. The minimum Gasteiger partial charge on any atom is -0.481 e. The van der Waals surface area contributed by atoms with Crippen molar-refractivity contribution >= 4 is 60.0 Å². The number of rotatable bonds is 20. The molecule has 53 heavy (non-hydrogen) atoms. The summed E-state index contributed by atoms with van der Waals surface area (Å²) in [4.78, 5) is 103. The summed E-state index contributed by atoms with van der Waals surface area (Å²) in [6, 6.07) is -6.95. The predicted molar refractivity (Wildman–Crippen MR) is 195 cm³/mol. The maximum absolute atomic E-state index is 13.9. The Morgan fingerprint density at radius 1 is 0.660 bits per heavy atom. The van der Waals surface area contributed by atoms with Crippen LogP contribution < -0.4 is 32.7 Å². The van der Waals surface area contributed by atoms with Gasteiger partial charge in [0.2, 0.25) is 35.4 Å². The lowest BCUT2D eigenvalue weighted by Crippen LogP contribution is -2.60. The van der Waals surface area contributed by atoms with Gasteiger partial charge in [0, 0.05) is 18.7 Å². The Kier molecular flexibility index (Phi) is 17.8. The summed E-state index contributed by atoms with van der Waals surface area (Å²) in [7, 11) is 0. The monoisotopic (exact) mass is 767 g/mol. The number of hydrogen-bond acceptors (Lipinski definition) is 10. The van der Waals surface area contributed by atoms with Crippen LogP contribution in [0.4, 0.5) is 0 Å². The Balaban J connectivity index is 1.73. The lowest BCUT2D eigenvalue weighted by molar-refractivity contribution is -0.142. The van der Waals surface area contributed by atoms with E-state index in [0.717, 1.165) is 64.2 Å². The van der Waals surface area contributed by atoms with Gasteiger partial charge in [-0.05, 0) is 43.9 Å². The van der Waals surface area contributed by atoms with Gasteiger partial charge in [-0.2, -0.15) is 12.6 Å². The topological polar surface area (TPSA) is 280 Å². The number of primary amides is 1. The molecule has 0 unspecified atom stereocenters. The van der Waals surface area contributed by atoms with Crippen LogP contribution in [-0.4, -0.2) is 111 Å². The Hall–Kier alpha value is -3.93. The van der Waals surface area contributed by atoms with Crippen LogP contribution in [0.1, 0.15) is 109 Å². The number of likely N-dealkylation sites (tertiary alicyclic amines) is 1. The van der Waals surface area contributed by atoms with Crippen LogP contribution in [-0.2, 0) is 38.4 Å². The van der Waals surface area contributed by atoms with Crippen LogP contribution >= 0.6 is 12.6 Å². The van der Waals surface area contributed by atoms with E-state index in [1.54, 1.807) is 0 Å². The molecule has 0 aromatic carbocycles. The third-order valence-corrected chi connectivity index (χ3v) is 10.9. The lowest BCUT2D eigenvalue weighted by atomic mass is 9.84. The Bertz CT molecular complexity index is 1320. The summed E-state index contributed by atoms with van der Waals surface area (Å²) in [5.74, 6) is -6.59. The number of amides is 6. The predicted octanol–water partition coefficient (Wildman–Crippen LogP) is -0.0607. The van der Waals surface area contributed by atoms with E-state index in [0.29, 0.717) is 12.8 Å². The van der Waals surface area contributed by atoms with Crippen LogP contribution in [0.5, 0.6) is 0 Å². The average molecular weight is 768 g/mol. The second-order valence-corrected chi connectivity index (χ2v) is 15.0. The van der Waals surface area contributed by atoms with Crippen molar-refractivity contribution in [2.45, 2.75) is 145 Å². The molecule has 1 aliphatic heterocycles. The number of thiol groups is 1. The molecule has 17 nitrogen and oxygen atoms in total. The summed E-state index contributed by atoms with van der Waals surface area (Å²) >= 11 is 4.32. The first-order chi connectivity index (χ1) is 25.2. The fourth-order valence-corrected chi connectivity index (χ4v) is 7.81. The van der Waals surface area contributed by atoms with Gasteiger partial charge < -0.3 is 47.8 Å². The number of nitrogens with one attached hydrogen (secondary N) is 4. The van der Waals surface area contributed by atoms with E-state index in [4.69, 9.17) is 16.6 Å². The quantitative estimate of drug-likeness (QED) is 0.0740. The van der Waals surface area contributed by atoms with E-state index in [1.807, 2.05) is 0 Å². The number of carbonyl (C=O) groups is 8. The fourth-order valence-electron chi connectivity index (χ4n) is 7.56. The zero-order valence-electron chi connectivity index (χ0n) is 30.3. The van der Waals surface area contributed by atoms with Gasteiger partial charge in [0.05, 0.1) is 12.5 Å². The van der Waals surface area contributed by atoms with Crippen LogP contribution in [0.15, 0.2) is 0 Å². The van der Waals surface area contributed by atoms with E-state index in [9.17, 15) is 43.5 Å². The summed E-state index contributed by atoms with van der Waals surface area (Å²) < 4.78 is 0. The third kappa shape index (κ3) is 14.1. The largest absolute Gasteiger partial charge is 0.481 e. The van der Waals surface area contributed by atoms with Gasteiger partial charge >= 0.3 is 11.9 Å². The molecule has 1 saturated heterocycles. The molecule has 0 aromatic heterocycles. The van der Waals surface area contributed by atoms with Crippen molar-refractivity contribution in [3.05, 3.63) is 0 Å². The highest BCUT2D eigenvalue weighted by Crippen LogP contribution is 2.29. The molecular formula is C35H57N7O10S. The van der Waals surface area contributed by atoms with Crippen LogP contribution in [0.3, 0.4) is 0 Å². The number of hydrogen-bond donors (Lipinski definition) is 9. The van der Waals surface area contributed by atoms with Crippen LogP contribution in [0, 0.1) is 11.8 Å². The Morgan fingerprint density at radius 3 is 1.66 bits per heavy atom. The number of carbonyl (C=O) groups excluding carboxylic acids is 6.